The van der Waals surface area contributed by atoms with Crippen LogP contribution in [0.2, 0.25) is 0 Å². The summed E-state index contributed by atoms with van der Waals surface area (Å²) in [6.45, 7) is 0. The standard InChI is InChI=1S/C8H9BrO/c1-10-8-4(9)2-3-5-6(3)7(5)8/h2-3,5-8H,1H3/t3?,5-,6+,7?,8-/m0/s1. The fourth-order valence-electron chi connectivity index (χ4n) is 2.50. The van der Waals surface area contributed by atoms with E-state index in [1.165, 1.54) is 4.48 Å². The Balaban J connectivity index is 1.94. The van der Waals surface area contributed by atoms with Crippen LogP contribution in [-0.4, -0.2) is 13.2 Å². The SMILES string of the molecule is CO[C@H]1C(Br)=CC2[C@@H]3C1[C@H]23. The third-order valence-corrected chi connectivity index (χ3v) is 3.88. The molecule has 10 heavy (non-hydrogen) atoms. The highest BCUT2D eigenvalue weighted by Gasteiger charge is 2.76. The van der Waals surface area contributed by atoms with Gasteiger partial charge in [-0.25, -0.2) is 0 Å². The summed E-state index contributed by atoms with van der Waals surface area (Å²) in [4.78, 5) is 0. The second kappa shape index (κ2) is 1.51. The summed E-state index contributed by atoms with van der Waals surface area (Å²) in [7, 11) is 1.80. The van der Waals surface area contributed by atoms with Gasteiger partial charge in [0.2, 0.25) is 0 Å². The van der Waals surface area contributed by atoms with E-state index in [1.807, 2.05) is 0 Å². The van der Waals surface area contributed by atoms with Crippen molar-refractivity contribution in [3.05, 3.63) is 10.6 Å². The highest BCUT2D eigenvalue weighted by Crippen LogP contribution is 2.78. The molecule has 0 saturated heterocycles. The molecule has 4 rings (SSSR count). The van der Waals surface area contributed by atoms with E-state index in [-0.39, 0.29) is 0 Å². The molecule has 54 valence electrons. The quantitative estimate of drug-likeness (QED) is 0.628. The predicted molar refractivity (Wildman–Crippen MR) is 41.8 cm³/mol. The molecule has 5 atom stereocenters. The van der Waals surface area contributed by atoms with E-state index < -0.39 is 0 Å². The molecule has 0 aromatic rings. The molecular weight excluding hydrogens is 192 g/mol. The normalized spacial score (nSPS) is 61.0. The molecule has 2 saturated carbocycles. The molecule has 0 aromatic carbocycles. The van der Waals surface area contributed by atoms with Gasteiger partial charge < -0.3 is 4.74 Å². The zero-order valence-corrected chi connectivity index (χ0v) is 7.34. The summed E-state index contributed by atoms with van der Waals surface area (Å²) in [5.74, 6) is 3.86. The molecule has 0 radical (unpaired) electrons. The van der Waals surface area contributed by atoms with Gasteiger partial charge >= 0.3 is 0 Å². The van der Waals surface area contributed by atoms with Crippen LogP contribution in [0, 0.1) is 23.7 Å². The number of hydrogen-bond acceptors (Lipinski definition) is 1. The number of allylic oxidation sites excluding steroid dienone is 1. The van der Waals surface area contributed by atoms with Crippen molar-refractivity contribution < 1.29 is 4.74 Å². The van der Waals surface area contributed by atoms with Crippen LogP contribution >= 0.6 is 15.9 Å². The number of fused-ring (bicyclic) bond motifs is 1. The van der Waals surface area contributed by atoms with Crippen molar-refractivity contribution in [3.63, 3.8) is 0 Å². The zero-order valence-electron chi connectivity index (χ0n) is 5.75. The van der Waals surface area contributed by atoms with Crippen LogP contribution in [-0.2, 0) is 4.74 Å². The van der Waals surface area contributed by atoms with Crippen molar-refractivity contribution in [2.75, 3.05) is 7.11 Å². The molecule has 2 bridgehead atoms. The molecule has 2 fully saturated rings. The van der Waals surface area contributed by atoms with Crippen molar-refractivity contribution >= 4 is 15.9 Å². The van der Waals surface area contributed by atoms with Gasteiger partial charge in [0, 0.05) is 11.6 Å². The topological polar surface area (TPSA) is 9.23 Å². The minimum Gasteiger partial charge on any atom is -0.376 e. The van der Waals surface area contributed by atoms with E-state index in [4.69, 9.17) is 4.74 Å². The molecule has 4 aliphatic rings. The van der Waals surface area contributed by atoms with Crippen molar-refractivity contribution in [2.45, 2.75) is 6.10 Å². The average Bonchev–Trinajstić information content (AvgIpc) is 2.76. The second-order valence-corrected chi connectivity index (χ2v) is 4.43. The fourth-order valence-corrected chi connectivity index (χ4v) is 3.29. The first-order valence-corrected chi connectivity index (χ1v) is 4.54. The smallest absolute Gasteiger partial charge is 0.0916 e. The second-order valence-electron chi connectivity index (χ2n) is 3.52. The van der Waals surface area contributed by atoms with E-state index >= 15 is 0 Å². The van der Waals surface area contributed by atoms with E-state index in [2.05, 4.69) is 22.0 Å². The summed E-state index contributed by atoms with van der Waals surface area (Å²) in [6, 6.07) is 0. The van der Waals surface area contributed by atoms with Gasteiger partial charge in [-0.05, 0) is 23.7 Å². The van der Waals surface area contributed by atoms with Crippen LogP contribution in [0.25, 0.3) is 0 Å². The van der Waals surface area contributed by atoms with Gasteiger partial charge in [0.25, 0.3) is 0 Å². The molecule has 1 nitrogen and oxygen atoms in total. The first-order valence-electron chi connectivity index (χ1n) is 3.74. The van der Waals surface area contributed by atoms with Gasteiger partial charge in [-0.1, -0.05) is 22.0 Å². The summed E-state index contributed by atoms with van der Waals surface area (Å²) >= 11 is 3.54. The van der Waals surface area contributed by atoms with E-state index in [1.54, 1.807) is 7.11 Å². The Hall–Kier alpha value is 0.180. The van der Waals surface area contributed by atoms with E-state index in [0.29, 0.717) is 6.10 Å². The Bertz CT molecular complexity index is 213. The van der Waals surface area contributed by atoms with Crippen LogP contribution in [0.15, 0.2) is 10.6 Å². The molecule has 0 aliphatic heterocycles. The minimum absolute atomic E-state index is 0.403. The van der Waals surface area contributed by atoms with Gasteiger partial charge in [-0.15, -0.1) is 0 Å². The van der Waals surface area contributed by atoms with Gasteiger partial charge in [-0.3, -0.25) is 0 Å². The van der Waals surface area contributed by atoms with Gasteiger partial charge in [0.05, 0.1) is 6.10 Å². The van der Waals surface area contributed by atoms with Gasteiger partial charge in [0.1, 0.15) is 0 Å². The van der Waals surface area contributed by atoms with Gasteiger partial charge in [0.15, 0.2) is 0 Å². The number of ether oxygens (including phenoxy) is 1. The van der Waals surface area contributed by atoms with Crippen molar-refractivity contribution in [1.82, 2.24) is 0 Å². The third kappa shape index (κ3) is 0.463. The maximum absolute atomic E-state index is 5.36. The maximum Gasteiger partial charge on any atom is 0.0916 e. The average molecular weight is 201 g/mol. The van der Waals surface area contributed by atoms with E-state index in [0.717, 1.165) is 23.7 Å². The number of rotatable bonds is 1. The lowest BCUT2D eigenvalue weighted by Gasteiger charge is -2.25. The highest BCUT2D eigenvalue weighted by molar-refractivity contribution is 9.11. The molecule has 0 heterocycles. The van der Waals surface area contributed by atoms with Crippen LogP contribution in [0.3, 0.4) is 0 Å². The molecule has 0 spiro atoms. The Labute approximate surface area is 68.6 Å². The van der Waals surface area contributed by atoms with Crippen molar-refractivity contribution in [2.24, 2.45) is 23.7 Å². The summed E-state index contributed by atoms with van der Waals surface area (Å²) in [6.07, 6.45) is 2.74. The minimum atomic E-state index is 0.403. The molecular formula is C8H9BrO. The zero-order chi connectivity index (χ0) is 6.88. The molecule has 0 aromatic heterocycles. The van der Waals surface area contributed by atoms with Crippen LogP contribution in [0.4, 0.5) is 0 Å². The Morgan fingerprint density at radius 3 is 2.60 bits per heavy atom. The van der Waals surface area contributed by atoms with E-state index in [9.17, 15) is 0 Å². The first-order chi connectivity index (χ1) is 4.84. The highest BCUT2D eigenvalue weighted by atomic mass is 79.9. The molecule has 4 aliphatic carbocycles. The monoisotopic (exact) mass is 200 g/mol. The van der Waals surface area contributed by atoms with Crippen molar-refractivity contribution in [1.29, 1.82) is 0 Å². The Morgan fingerprint density at radius 2 is 2.10 bits per heavy atom. The summed E-state index contributed by atoms with van der Waals surface area (Å²) in [5, 5.41) is 0. The lowest BCUT2D eigenvalue weighted by molar-refractivity contribution is 0.0913. The summed E-state index contributed by atoms with van der Waals surface area (Å²) in [5.41, 5.74) is 0. The Morgan fingerprint density at radius 1 is 1.40 bits per heavy atom. The third-order valence-electron chi connectivity index (χ3n) is 3.17. The van der Waals surface area contributed by atoms with Crippen molar-refractivity contribution in [3.8, 4) is 0 Å². The molecule has 2 unspecified atom stereocenters. The number of halogens is 1. The predicted octanol–water partition coefficient (Wildman–Crippen LogP) is 1.79. The number of methoxy groups -OCH3 is 1. The molecule has 0 N–H and O–H groups in total. The van der Waals surface area contributed by atoms with Crippen LogP contribution in [0.5, 0.6) is 0 Å². The largest absolute Gasteiger partial charge is 0.376 e. The summed E-state index contributed by atoms with van der Waals surface area (Å²) < 4.78 is 6.65. The van der Waals surface area contributed by atoms with Gasteiger partial charge in [-0.2, -0.15) is 0 Å². The lowest BCUT2D eigenvalue weighted by Crippen LogP contribution is -2.25. The lowest BCUT2D eigenvalue weighted by atomic mass is 9.93. The Kier molecular flexibility index (Phi) is 0.872. The number of hydrogen-bond donors (Lipinski definition) is 0. The first kappa shape index (κ1) is 5.78. The maximum atomic E-state index is 5.36. The fraction of sp³-hybridized carbons (Fsp3) is 0.750. The molecule has 0 amide bonds. The molecule has 2 heteroatoms. The van der Waals surface area contributed by atoms with Crippen LogP contribution < -0.4 is 0 Å². The van der Waals surface area contributed by atoms with Crippen LogP contribution in [0.1, 0.15) is 0 Å².